The highest BCUT2D eigenvalue weighted by Gasteiger charge is 2.21. The number of hydrogen-bond acceptors (Lipinski definition) is 5. The van der Waals surface area contributed by atoms with Crippen molar-refractivity contribution in [1.29, 1.82) is 0 Å². The second-order valence-electron chi connectivity index (χ2n) is 6.59. The highest BCUT2D eigenvalue weighted by Crippen LogP contribution is 2.29. The molecule has 2 aromatic carbocycles. The molecule has 0 spiro atoms. The molecule has 0 N–H and O–H groups in total. The number of para-hydroxylation sites is 2. The number of rotatable bonds is 9. The second-order valence-corrected chi connectivity index (χ2v) is 7.60. The van der Waals surface area contributed by atoms with E-state index >= 15 is 0 Å². The lowest BCUT2D eigenvalue weighted by molar-refractivity contribution is -0.120. The Balaban J connectivity index is 1.78. The highest BCUT2D eigenvalue weighted by molar-refractivity contribution is 7.22. The fourth-order valence-corrected chi connectivity index (χ4v) is 4.03. The molecule has 0 aliphatic rings. The van der Waals surface area contributed by atoms with E-state index in [-0.39, 0.29) is 12.5 Å². The lowest BCUT2D eigenvalue weighted by atomic mass is 10.2. The maximum Gasteiger partial charge on any atom is 0.266 e. The average Bonchev–Trinajstić information content (AvgIpc) is 3.14. The Labute approximate surface area is 170 Å². The number of benzene rings is 2. The fourth-order valence-electron chi connectivity index (χ4n) is 3.02. The van der Waals surface area contributed by atoms with E-state index in [1.165, 1.54) is 0 Å². The molecule has 0 atom stereocenters. The Bertz CT molecular complexity index is 888. The number of aryl methyl sites for hydroxylation is 1. The second kappa shape index (κ2) is 9.66. The van der Waals surface area contributed by atoms with Crippen LogP contribution in [0.2, 0.25) is 0 Å². The Morgan fingerprint density at radius 3 is 2.46 bits per heavy atom. The van der Waals surface area contributed by atoms with Gasteiger partial charge < -0.3 is 9.64 Å². The summed E-state index contributed by atoms with van der Waals surface area (Å²) in [5, 5.41) is 0.728. The van der Waals surface area contributed by atoms with Crippen molar-refractivity contribution in [2.24, 2.45) is 0 Å². The van der Waals surface area contributed by atoms with E-state index in [0.29, 0.717) is 6.54 Å². The van der Waals surface area contributed by atoms with Crippen LogP contribution in [0.15, 0.2) is 48.5 Å². The maximum atomic E-state index is 13.0. The van der Waals surface area contributed by atoms with E-state index < -0.39 is 0 Å². The number of thiazole rings is 1. The van der Waals surface area contributed by atoms with Gasteiger partial charge in [-0.05, 0) is 43.8 Å². The molecule has 0 saturated heterocycles. The predicted molar refractivity (Wildman–Crippen MR) is 116 cm³/mol. The average molecular weight is 398 g/mol. The van der Waals surface area contributed by atoms with Crippen LogP contribution in [-0.2, 0) is 4.79 Å². The lowest BCUT2D eigenvalue weighted by Crippen LogP contribution is -2.41. The maximum absolute atomic E-state index is 13.0. The molecular formula is C22H27N3O2S. The standard InChI is InChI=1S/C22H27N3O2S/c1-4-24(5-2)14-15-25(22-23-18-11-7-9-13-20(18)28-22)21(26)16-27-19-12-8-6-10-17(19)3/h6-13H,4-5,14-16H2,1-3H3. The zero-order valence-corrected chi connectivity index (χ0v) is 17.5. The zero-order chi connectivity index (χ0) is 19.9. The number of carbonyl (C=O) groups is 1. The summed E-state index contributed by atoms with van der Waals surface area (Å²) in [4.78, 5) is 21.8. The van der Waals surface area contributed by atoms with Gasteiger partial charge in [-0.1, -0.05) is 55.5 Å². The number of aromatic nitrogens is 1. The molecule has 6 heteroatoms. The van der Waals surface area contributed by atoms with Crippen molar-refractivity contribution in [3.8, 4) is 5.75 Å². The number of anilines is 1. The van der Waals surface area contributed by atoms with E-state index in [9.17, 15) is 4.79 Å². The highest BCUT2D eigenvalue weighted by atomic mass is 32.1. The van der Waals surface area contributed by atoms with Crippen molar-refractivity contribution in [2.75, 3.05) is 37.7 Å². The van der Waals surface area contributed by atoms with Crippen molar-refractivity contribution in [3.63, 3.8) is 0 Å². The first-order chi connectivity index (χ1) is 13.6. The van der Waals surface area contributed by atoms with Gasteiger partial charge in [0.1, 0.15) is 5.75 Å². The van der Waals surface area contributed by atoms with Crippen molar-refractivity contribution in [2.45, 2.75) is 20.8 Å². The first-order valence-electron chi connectivity index (χ1n) is 9.69. The first-order valence-corrected chi connectivity index (χ1v) is 10.5. The summed E-state index contributed by atoms with van der Waals surface area (Å²) in [6.45, 7) is 9.56. The molecular weight excluding hydrogens is 370 g/mol. The molecule has 0 aliphatic heterocycles. The summed E-state index contributed by atoms with van der Waals surface area (Å²) in [5.41, 5.74) is 1.94. The minimum atomic E-state index is -0.0746. The van der Waals surface area contributed by atoms with E-state index in [1.807, 2.05) is 55.5 Å². The largest absolute Gasteiger partial charge is 0.483 e. The van der Waals surface area contributed by atoms with E-state index in [0.717, 1.165) is 46.3 Å². The third-order valence-corrected chi connectivity index (χ3v) is 5.85. The van der Waals surface area contributed by atoms with Crippen molar-refractivity contribution >= 4 is 32.6 Å². The van der Waals surface area contributed by atoms with Crippen LogP contribution in [0, 0.1) is 6.92 Å². The molecule has 5 nitrogen and oxygen atoms in total. The molecule has 1 aromatic heterocycles. The topological polar surface area (TPSA) is 45.7 Å². The van der Waals surface area contributed by atoms with Gasteiger partial charge in [-0.3, -0.25) is 9.69 Å². The Morgan fingerprint density at radius 2 is 1.75 bits per heavy atom. The molecule has 3 rings (SSSR count). The number of carbonyl (C=O) groups excluding carboxylic acids is 1. The van der Waals surface area contributed by atoms with Crippen LogP contribution < -0.4 is 9.64 Å². The van der Waals surface area contributed by atoms with Gasteiger partial charge in [0.2, 0.25) is 0 Å². The van der Waals surface area contributed by atoms with Crippen LogP contribution in [0.1, 0.15) is 19.4 Å². The van der Waals surface area contributed by atoms with Gasteiger partial charge in [0.05, 0.1) is 10.2 Å². The lowest BCUT2D eigenvalue weighted by Gasteiger charge is -2.24. The number of hydrogen-bond donors (Lipinski definition) is 0. The van der Waals surface area contributed by atoms with E-state index in [1.54, 1.807) is 16.2 Å². The summed E-state index contributed by atoms with van der Waals surface area (Å²) in [6.07, 6.45) is 0. The van der Waals surface area contributed by atoms with Gasteiger partial charge in [0.15, 0.2) is 11.7 Å². The third-order valence-electron chi connectivity index (χ3n) is 4.79. The molecule has 1 amide bonds. The quantitative estimate of drug-likeness (QED) is 0.538. The molecule has 0 bridgehead atoms. The minimum Gasteiger partial charge on any atom is -0.483 e. The summed E-state index contributed by atoms with van der Waals surface area (Å²) in [7, 11) is 0. The molecule has 148 valence electrons. The summed E-state index contributed by atoms with van der Waals surface area (Å²) >= 11 is 1.55. The van der Waals surface area contributed by atoms with E-state index in [2.05, 4.69) is 23.7 Å². The van der Waals surface area contributed by atoms with Gasteiger partial charge >= 0.3 is 0 Å². The summed E-state index contributed by atoms with van der Waals surface area (Å²) in [5.74, 6) is 0.665. The van der Waals surface area contributed by atoms with Crippen LogP contribution >= 0.6 is 11.3 Å². The molecule has 0 saturated carbocycles. The summed E-state index contributed by atoms with van der Waals surface area (Å²) in [6, 6.07) is 15.7. The SMILES string of the molecule is CCN(CC)CCN(C(=O)COc1ccccc1C)c1nc2ccccc2s1. The van der Waals surface area contributed by atoms with Gasteiger partial charge in [0, 0.05) is 13.1 Å². The van der Waals surface area contributed by atoms with E-state index in [4.69, 9.17) is 4.74 Å². The number of fused-ring (bicyclic) bond motifs is 1. The van der Waals surface area contributed by atoms with Crippen LogP contribution in [-0.4, -0.2) is 48.6 Å². The van der Waals surface area contributed by atoms with Crippen molar-refractivity contribution in [1.82, 2.24) is 9.88 Å². The van der Waals surface area contributed by atoms with Crippen LogP contribution in [0.5, 0.6) is 5.75 Å². The Morgan fingerprint density at radius 1 is 1.04 bits per heavy atom. The van der Waals surface area contributed by atoms with Crippen molar-refractivity contribution < 1.29 is 9.53 Å². The van der Waals surface area contributed by atoms with Gasteiger partial charge in [0.25, 0.3) is 5.91 Å². The molecule has 28 heavy (non-hydrogen) atoms. The van der Waals surface area contributed by atoms with Crippen LogP contribution in [0.4, 0.5) is 5.13 Å². The number of ether oxygens (including phenoxy) is 1. The monoisotopic (exact) mass is 397 g/mol. The predicted octanol–water partition coefficient (Wildman–Crippen LogP) is 4.36. The third kappa shape index (κ3) is 4.88. The van der Waals surface area contributed by atoms with Gasteiger partial charge in [-0.15, -0.1) is 0 Å². The number of nitrogens with zero attached hydrogens (tertiary/aromatic N) is 3. The normalized spacial score (nSPS) is 11.1. The minimum absolute atomic E-state index is 0.000964. The summed E-state index contributed by atoms with van der Waals surface area (Å²) < 4.78 is 6.89. The molecule has 0 radical (unpaired) electrons. The molecule has 0 aliphatic carbocycles. The Hall–Kier alpha value is -2.44. The fraction of sp³-hybridized carbons (Fsp3) is 0.364. The van der Waals surface area contributed by atoms with Gasteiger partial charge in [-0.25, -0.2) is 4.98 Å². The van der Waals surface area contributed by atoms with Crippen LogP contribution in [0.3, 0.4) is 0 Å². The number of likely N-dealkylation sites (N-methyl/N-ethyl adjacent to an activating group) is 1. The van der Waals surface area contributed by atoms with Crippen LogP contribution in [0.25, 0.3) is 10.2 Å². The first kappa shape index (κ1) is 20.3. The van der Waals surface area contributed by atoms with Crippen molar-refractivity contribution in [3.05, 3.63) is 54.1 Å². The molecule has 0 fully saturated rings. The molecule has 1 heterocycles. The molecule has 0 unspecified atom stereocenters. The molecule has 3 aromatic rings. The smallest absolute Gasteiger partial charge is 0.266 e. The zero-order valence-electron chi connectivity index (χ0n) is 16.7. The number of amides is 1. The van der Waals surface area contributed by atoms with Gasteiger partial charge in [-0.2, -0.15) is 0 Å². The Kier molecular flexibility index (Phi) is 7.01.